The summed E-state index contributed by atoms with van der Waals surface area (Å²) in [5.74, 6) is 0. The lowest BCUT2D eigenvalue weighted by atomic mass is 9.95. The third-order valence-corrected chi connectivity index (χ3v) is 2.93. The number of rotatable bonds is 1. The van der Waals surface area contributed by atoms with Crippen LogP contribution in [0.15, 0.2) is 0 Å². The maximum absolute atomic E-state index is 11.7. The molecule has 0 aromatic rings. The van der Waals surface area contributed by atoms with E-state index in [2.05, 4.69) is 5.43 Å². The molecule has 7 nitrogen and oxygen atoms in total. The van der Waals surface area contributed by atoms with Gasteiger partial charge in [-0.15, -0.1) is 0 Å². The molecule has 0 bridgehead atoms. The predicted molar refractivity (Wildman–Crippen MR) is 72.3 cm³/mol. The van der Waals surface area contributed by atoms with Crippen LogP contribution in [0.2, 0.25) is 0 Å². The Morgan fingerprint density at radius 1 is 1.40 bits per heavy atom. The number of carbonyl (C=O) groups is 2. The lowest BCUT2D eigenvalue weighted by Crippen LogP contribution is -2.56. The summed E-state index contributed by atoms with van der Waals surface area (Å²) in [6.45, 7) is 9.29. The van der Waals surface area contributed by atoms with Crippen molar-refractivity contribution in [2.75, 3.05) is 6.61 Å². The summed E-state index contributed by atoms with van der Waals surface area (Å²) < 4.78 is 10.6. The van der Waals surface area contributed by atoms with E-state index in [9.17, 15) is 14.7 Å². The Morgan fingerprint density at radius 3 is 2.40 bits per heavy atom. The maximum Gasteiger partial charge on any atom is 0.426 e. The molecular formula is C13H24N2O5. The van der Waals surface area contributed by atoms with Crippen LogP contribution in [0.5, 0.6) is 0 Å². The SMILES string of the molecule is CC(C)(C)OC(=O)NN(C(=O)O)[C@@H]1CCC(C)(C)OC1. The number of hydrazine groups is 1. The van der Waals surface area contributed by atoms with Crippen LogP contribution in [0.3, 0.4) is 0 Å². The minimum Gasteiger partial charge on any atom is -0.464 e. The van der Waals surface area contributed by atoms with Crippen molar-refractivity contribution in [2.45, 2.75) is 64.7 Å². The van der Waals surface area contributed by atoms with Gasteiger partial charge in [0.25, 0.3) is 0 Å². The number of carbonyl (C=O) groups excluding carboxylic acids is 1. The highest BCUT2D eigenvalue weighted by molar-refractivity contribution is 5.73. The Labute approximate surface area is 119 Å². The quantitative estimate of drug-likeness (QED) is 0.723. The number of ether oxygens (including phenoxy) is 2. The van der Waals surface area contributed by atoms with Crippen molar-refractivity contribution in [1.29, 1.82) is 0 Å². The zero-order valence-corrected chi connectivity index (χ0v) is 12.7. The normalized spacial score (nSPS) is 21.9. The highest BCUT2D eigenvalue weighted by Crippen LogP contribution is 2.25. The van der Waals surface area contributed by atoms with Gasteiger partial charge in [0.2, 0.25) is 0 Å². The Bertz CT molecular complexity index is 365. The molecule has 1 heterocycles. The molecule has 20 heavy (non-hydrogen) atoms. The first kappa shape index (κ1) is 16.6. The second-order valence-electron chi connectivity index (χ2n) is 6.53. The number of hydrogen-bond acceptors (Lipinski definition) is 4. The first-order chi connectivity index (χ1) is 9.00. The smallest absolute Gasteiger partial charge is 0.426 e. The Kier molecular flexibility index (Phi) is 4.86. The molecule has 0 unspecified atom stereocenters. The molecule has 1 atom stereocenters. The Morgan fingerprint density at radius 2 is 2.00 bits per heavy atom. The second kappa shape index (κ2) is 5.87. The van der Waals surface area contributed by atoms with E-state index in [4.69, 9.17) is 9.47 Å². The van der Waals surface area contributed by atoms with Gasteiger partial charge >= 0.3 is 12.2 Å². The van der Waals surface area contributed by atoms with Crippen LogP contribution < -0.4 is 5.43 Å². The third kappa shape index (κ3) is 5.24. The van der Waals surface area contributed by atoms with E-state index in [1.54, 1.807) is 20.8 Å². The van der Waals surface area contributed by atoms with E-state index >= 15 is 0 Å². The summed E-state index contributed by atoms with van der Waals surface area (Å²) in [7, 11) is 0. The number of nitrogens with zero attached hydrogens (tertiary/aromatic N) is 1. The minimum atomic E-state index is -1.23. The van der Waals surface area contributed by atoms with E-state index in [-0.39, 0.29) is 12.2 Å². The number of nitrogens with one attached hydrogen (secondary N) is 1. The molecule has 1 aliphatic heterocycles. The van der Waals surface area contributed by atoms with Gasteiger partial charge in [0.15, 0.2) is 0 Å². The monoisotopic (exact) mass is 288 g/mol. The topological polar surface area (TPSA) is 88.1 Å². The summed E-state index contributed by atoms with van der Waals surface area (Å²) >= 11 is 0. The molecule has 0 aromatic carbocycles. The molecule has 116 valence electrons. The van der Waals surface area contributed by atoms with Gasteiger partial charge in [0, 0.05) is 0 Å². The highest BCUT2D eigenvalue weighted by Gasteiger charge is 2.34. The molecule has 1 aliphatic rings. The molecule has 0 spiro atoms. The fraction of sp³-hybridized carbons (Fsp3) is 0.846. The van der Waals surface area contributed by atoms with Gasteiger partial charge < -0.3 is 14.6 Å². The molecule has 0 radical (unpaired) electrons. The molecule has 0 aromatic heterocycles. The summed E-state index contributed by atoms with van der Waals surface area (Å²) in [6, 6.07) is -0.409. The minimum absolute atomic E-state index is 0.245. The number of hydrogen-bond donors (Lipinski definition) is 2. The molecule has 1 saturated heterocycles. The Balaban J connectivity index is 2.62. The van der Waals surface area contributed by atoms with E-state index in [0.29, 0.717) is 6.42 Å². The second-order valence-corrected chi connectivity index (χ2v) is 6.53. The van der Waals surface area contributed by atoms with Gasteiger partial charge in [-0.05, 0) is 47.5 Å². The van der Waals surface area contributed by atoms with Gasteiger partial charge in [-0.2, -0.15) is 0 Å². The zero-order valence-electron chi connectivity index (χ0n) is 12.7. The first-order valence-electron chi connectivity index (χ1n) is 6.66. The average molecular weight is 288 g/mol. The van der Waals surface area contributed by atoms with Crippen LogP contribution in [-0.2, 0) is 9.47 Å². The van der Waals surface area contributed by atoms with Crippen molar-refractivity contribution < 1.29 is 24.2 Å². The van der Waals surface area contributed by atoms with Gasteiger partial charge in [-0.3, -0.25) is 0 Å². The van der Waals surface area contributed by atoms with Crippen LogP contribution in [-0.4, -0.2) is 46.2 Å². The predicted octanol–water partition coefficient (Wildman–Crippen LogP) is 2.36. The fourth-order valence-electron chi connectivity index (χ4n) is 1.89. The first-order valence-corrected chi connectivity index (χ1v) is 6.66. The summed E-state index contributed by atoms with van der Waals surface area (Å²) in [4.78, 5) is 22.9. The third-order valence-electron chi connectivity index (χ3n) is 2.93. The standard InChI is InChI=1S/C13H24N2O5/c1-12(2,3)20-10(16)14-15(11(17)18)9-6-7-13(4,5)19-8-9/h9H,6-8H2,1-5H3,(H,14,16)(H,17,18)/t9-/m1/s1. The summed E-state index contributed by atoms with van der Waals surface area (Å²) in [6.07, 6.45) is -0.680. The lowest BCUT2D eigenvalue weighted by Gasteiger charge is -2.38. The maximum atomic E-state index is 11.7. The van der Waals surface area contributed by atoms with Crippen LogP contribution in [0.4, 0.5) is 9.59 Å². The van der Waals surface area contributed by atoms with Gasteiger partial charge in [-0.25, -0.2) is 20.0 Å². The van der Waals surface area contributed by atoms with Crippen molar-refractivity contribution in [3.8, 4) is 0 Å². The van der Waals surface area contributed by atoms with Crippen LogP contribution in [0, 0.1) is 0 Å². The van der Waals surface area contributed by atoms with E-state index in [1.165, 1.54) is 0 Å². The van der Waals surface area contributed by atoms with Crippen molar-refractivity contribution in [3.63, 3.8) is 0 Å². The zero-order chi connectivity index (χ0) is 15.6. The van der Waals surface area contributed by atoms with Crippen molar-refractivity contribution in [2.24, 2.45) is 0 Å². The van der Waals surface area contributed by atoms with E-state index in [1.807, 2.05) is 13.8 Å². The largest absolute Gasteiger partial charge is 0.464 e. The van der Waals surface area contributed by atoms with E-state index < -0.39 is 23.8 Å². The van der Waals surface area contributed by atoms with Crippen molar-refractivity contribution >= 4 is 12.2 Å². The number of carboxylic acid groups (broad SMARTS) is 1. The molecule has 0 aliphatic carbocycles. The van der Waals surface area contributed by atoms with Crippen LogP contribution >= 0.6 is 0 Å². The summed E-state index contributed by atoms with van der Waals surface area (Å²) in [5, 5.41) is 10.1. The molecule has 1 rings (SSSR count). The number of amides is 2. The van der Waals surface area contributed by atoms with Gasteiger partial charge in [0.1, 0.15) is 5.60 Å². The molecule has 0 saturated carbocycles. The Hall–Kier alpha value is -1.50. The average Bonchev–Trinajstić information content (AvgIpc) is 2.23. The summed E-state index contributed by atoms with van der Waals surface area (Å²) in [5.41, 5.74) is 1.32. The molecular weight excluding hydrogens is 264 g/mol. The highest BCUT2D eigenvalue weighted by atomic mass is 16.6. The molecule has 2 N–H and O–H groups in total. The fourth-order valence-corrected chi connectivity index (χ4v) is 1.89. The van der Waals surface area contributed by atoms with Crippen LogP contribution in [0.1, 0.15) is 47.5 Å². The van der Waals surface area contributed by atoms with E-state index in [0.717, 1.165) is 11.4 Å². The van der Waals surface area contributed by atoms with Crippen molar-refractivity contribution in [1.82, 2.24) is 10.4 Å². The molecule has 7 heteroatoms. The van der Waals surface area contributed by atoms with Crippen molar-refractivity contribution in [3.05, 3.63) is 0 Å². The molecule has 1 fully saturated rings. The van der Waals surface area contributed by atoms with Crippen LogP contribution in [0.25, 0.3) is 0 Å². The van der Waals surface area contributed by atoms with Gasteiger partial charge in [-0.1, -0.05) is 0 Å². The van der Waals surface area contributed by atoms with Gasteiger partial charge in [0.05, 0.1) is 18.2 Å². The lowest BCUT2D eigenvalue weighted by molar-refractivity contribution is -0.0916. The molecule has 2 amide bonds.